The minimum absolute atomic E-state index is 0.315. The van der Waals surface area contributed by atoms with Gasteiger partial charge in [0.15, 0.2) is 0 Å². The molecule has 0 saturated heterocycles. The number of rotatable bonds is 2. The quantitative estimate of drug-likeness (QED) is 0.819. The number of aryl methyl sites for hydroxylation is 1. The summed E-state index contributed by atoms with van der Waals surface area (Å²) in [4.78, 5) is 11.5. The van der Waals surface area contributed by atoms with Crippen LogP contribution < -0.4 is 0 Å². The summed E-state index contributed by atoms with van der Waals surface area (Å²) in [6.45, 7) is 0. The van der Waals surface area contributed by atoms with Crippen molar-refractivity contribution in [2.45, 2.75) is 0 Å². The topological polar surface area (TPSA) is 55.1 Å². The Morgan fingerprint density at radius 2 is 2.43 bits per heavy atom. The fourth-order valence-corrected chi connectivity index (χ4v) is 1.98. The number of carboxylic acid groups (broad SMARTS) is 1. The first-order valence-corrected chi connectivity index (χ1v) is 4.86. The largest absolute Gasteiger partial charge is 0.478 e. The van der Waals surface area contributed by atoms with Crippen LogP contribution in [0.2, 0.25) is 0 Å². The Kier molecular flexibility index (Phi) is 2.09. The second kappa shape index (κ2) is 3.26. The number of carbonyl (C=O) groups is 1. The Hall–Kier alpha value is -1.62. The van der Waals surface area contributed by atoms with Crippen LogP contribution in [0, 0.1) is 0 Å². The molecule has 0 fully saturated rings. The smallest absolute Gasteiger partial charge is 0.336 e. The van der Waals surface area contributed by atoms with Gasteiger partial charge in [-0.25, -0.2) is 4.79 Å². The van der Waals surface area contributed by atoms with Crippen LogP contribution in [-0.4, -0.2) is 20.9 Å². The lowest BCUT2D eigenvalue weighted by Crippen LogP contribution is -1.91. The van der Waals surface area contributed by atoms with E-state index in [0.29, 0.717) is 5.56 Å². The maximum absolute atomic E-state index is 10.6. The molecule has 1 N–H and O–H groups in total. The number of aromatic nitrogens is 2. The molecule has 0 aliphatic carbocycles. The summed E-state index contributed by atoms with van der Waals surface area (Å²) in [6, 6.07) is 3.49. The molecule has 5 heteroatoms. The van der Waals surface area contributed by atoms with Crippen molar-refractivity contribution in [2.75, 3.05) is 0 Å². The molecular formula is C9H8N2O2S. The van der Waals surface area contributed by atoms with E-state index >= 15 is 0 Å². The normalized spacial score (nSPS) is 10.4. The highest BCUT2D eigenvalue weighted by molar-refractivity contribution is 7.13. The summed E-state index contributed by atoms with van der Waals surface area (Å²) in [5.74, 6) is -0.900. The molecule has 0 bridgehead atoms. The van der Waals surface area contributed by atoms with E-state index < -0.39 is 5.97 Å². The van der Waals surface area contributed by atoms with Crippen molar-refractivity contribution in [1.29, 1.82) is 0 Å². The van der Waals surface area contributed by atoms with E-state index in [1.54, 1.807) is 16.1 Å². The number of hydrogen-bond donors (Lipinski definition) is 1. The molecule has 72 valence electrons. The molecule has 2 heterocycles. The van der Waals surface area contributed by atoms with Crippen molar-refractivity contribution in [3.8, 4) is 10.6 Å². The predicted molar refractivity (Wildman–Crippen MR) is 53.5 cm³/mol. The summed E-state index contributed by atoms with van der Waals surface area (Å²) >= 11 is 1.39. The van der Waals surface area contributed by atoms with Crippen molar-refractivity contribution in [1.82, 2.24) is 9.78 Å². The van der Waals surface area contributed by atoms with Gasteiger partial charge in [-0.3, -0.25) is 4.68 Å². The Labute approximate surface area is 84.4 Å². The Balaban J connectivity index is 2.38. The van der Waals surface area contributed by atoms with E-state index in [1.807, 2.05) is 19.3 Å². The van der Waals surface area contributed by atoms with E-state index in [4.69, 9.17) is 5.11 Å². The van der Waals surface area contributed by atoms with Crippen molar-refractivity contribution >= 4 is 17.3 Å². The number of aromatic carboxylic acids is 1. The van der Waals surface area contributed by atoms with Crippen LogP contribution in [0.1, 0.15) is 10.4 Å². The van der Waals surface area contributed by atoms with Gasteiger partial charge in [0.2, 0.25) is 0 Å². The third kappa shape index (κ3) is 1.54. The number of thiophene rings is 1. The van der Waals surface area contributed by atoms with Gasteiger partial charge in [-0.05, 0) is 12.1 Å². The third-order valence-electron chi connectivity index (χ3n) is 1.81. The number of carboxylic acids is 1. The molecule has 0 spiro atoms. The highest BCUT2D eigenvalue weighted by Crippen LogP contribution is 2.25. The lowest BCUT2D eigenvalue weighted by molar-refractivity contribution is 0.0697. The Morgan fingerprint density at radius 1 is 1.64 bits per heavy atom. The standard InChI is InChI=1S/C9H8N2O2S/c1-11-3-2-7(10-11)8-4-6(5-14-8)9(12)13/h2-5H,1H3,(H,12,13). The van der Waals surface area contributed by atoms with Gasteiger partial charge in [0.1, 0.15) is 5.69 Å². The molecule has 2 aromatic rings. The molecule has 2 aromatic heterocycles. The first-order chi connectivity index (χ1) is 6.66. The van der Waals surface area contributed by atoms with Crippen molar-refractivity contribution < 1.29 is 9.90 Å². The molecule has 0 unspecified atom stereocenters. The molecule has 0 amide bonds. The highest BCUT2D eigenvalue weighted by atomic mass is 32.1. The van der Waals surface area contributed by atoms with Crippen LogP contribution in [-0.2, 0) is 7.05 Å². The Morgan fingerprint density at radius 3 is 2.93 bits per heavy atom. The van der Waals surface area contributed by atoms with Gasteiger partial charge in [-0.1, -0.05) is 0 Å². The van der Waals surface area contributed by atoms with Gasteiger partial charge in [0.05, 0.1) is 10.4 Å². The first kappa shape index (κ1) is 8.96. The van der Waals surface area contributed by atoms with E-state index in [0.717, 1.165) is 10.6 Å². The minimum Gasteiger partial charge on any atom is -0.478 e. The molecule has 0 aromatic carbocycles. The minimum atomic E-state index is -0.900. The summed E-state index contributed by atoms with van der Waals surface area (Å²) in [6.07, 6.45) is 1.83. The zero-order chi connectivity index (χ0) is 10.1. The zero-order valence-electron chi connectivity index (χ0n) is 7.47. The molecule has 0 atom stereocenters. The second-order valence-electron chi connectivity index (χ2n) is 2.88. The summed E-state index contributed by atoms with van der Waals surface area (Å²) in [5, 5.41) is 14.5. The predicted octanol–water partition coefficient (Wildman–Crippen LogP) is 1.85. The lowest BCUT2D eigenvalue weighted by Gasteiger charge is -1.88. The van der Waals surface area contributed by atoms with Gasteiger partial charge in [-0.2, -0.15) is 5.10 Å². The average molecular weight is 208 g/mol. The van der Waals surface area contributed by atoms with E-state index in [1.165, 1.54) is 11.3 Å². The van der Waals surface area contributed by atoms with Crippen LogP contribution in [0.25, 0.3) is 10.6 Å². The first-order valence-electron chi connectivity index (χ1n) is 3.98. The molecule has 0 aliphatic heterocycles. The van der Waals surface area contributed by atoms with Gasteiger partial charge >= 0.3 is 5.97 Å². The maximum atomic E-state index is 10.6. The van der Waals surface area contributed by atoms with Crippen LogP contribution >= 0.6 is 11.3 Å². The average Bonchev–Trinajstić information content (AvgIpc) is 2.70. The number of nitrogens with zero attached hydrogens (tertiary/aromatic N) is 2. The maximum Gasteiger partial charge on any atom is 0.336 e. The fraction of sp³-hybridized carbons (Fsp3) is 0.111. The summed E-state index contributed by atoms with van der Waals surface area (Å²) < 4.78 is 1.69. The van der Waals surface area contributed by atoms with E-state index in [-0.39, 0.29) is 0 Å². The molecule has 14 heavy (non-hydrogen) atoms. The zero-order valence-corrected chi connectivity index (χ0v) is 8.28. The molecule has 0 radical (unpaired) electrons. The van der Waals surface area contributed by atoms with Crippen LogP contribution in [0.15, 0.2) is 23.7 Å². The third-order valence-corrected chi connectivity index (χ3v) is 2.77. The van der Waals surface area contributed by atoms with Gasteiger partial charge in [0.25, 0.3) is 0 Å². The van der Waals surface area contributed by atoms with Crippen molar-refractivity contribution in [3.63, 3.8) is 0 Å². The van der Waals surface area contributed by atoms with Crippen molar-refractivity contribution in [3.05, 3.63) is 29.3 Å². The summed E-state index contributed by atoms with van der Waals surface area (Å²) in [5.41, 5.74) is 1.13. The van der Waals surface area contributed by atoms with E-state index in [2.05, 4.69) is 5.10 Å². The SMILES string of the molecule is Cn1ccc(-c2cc(C(=O)O)cs2)n1. The monoisotopic (exact) mass is 208 g/mol. The van der Waals surface area contributed by atoms with Gasteiger partial charge in [0, 0.05) is 18.6 Å². The molecule has 0 aliphatic rings. The van der Waals surface area contributed by atoms with Crippen LogP contribution in [0.4, 0.5) is 0 Å². The molecule has 0 saturated carbocycles. The van der Waals surface area contributed by atoms with Crippen LogP contribution in [0.3, 0.4) is 0 Å². The lowest BCUT2D eigenvalue weighted by atomic mass is 10.3. The van der Waals surface area contributed by atoms with Crippen LogP contribution in [0.5, 0.6) is 0 Å². The highest BCUT2D eigenvalue weighted by Gasteiger charge is 2.09. The van der Waals surface area contributed by atoms with Crippen molar-refractivity contribution in [2.24, 2.45) is 7.05 Å². The molecule has 2 rings (SSSR count). The van der Waals surface area contributed by atoms with E-state index in [9.17, 15) is 4.79 Å². The molecular weight excluding hydrogens is 200 g/mol. The Bertz CT molecular complexity index is 473. The second-order valence-corrected chi connectivity index (χ2v) is 3.79. The molecule has 4 nitrogen and oxygen atoms in total. The summed E-state index contributed by atoms with van der Waals surface area (Å²) in [7, 11) is 1.83. The number of hydrogen-bond acceptors (Lipinski definition) is 3. The fourth-order valence-electron chi connectivity index (χ4n) is 1.13. The van der Waals surface area contributed by atoms with Gasteiger partial charge < -0.3 is 5.11 Å². The van der Waals surface area contributed by atoms with Gasteiger partial charge in [-0.15, -0.1) is 11.3 Å².